The van der Waals surface area contributed by atoms with Crippen molar-refractivity contribution in [1.82, 2.24) is 5.32 Å². The molecule has 3 unspecified atom stereocenters. The number of hydrogen-bond donors (Lipinski definition) is 1. The van der Waals surface area contributed by atoms with Gasteiger partial charge in [0.2, 0.25) is 0 Å². The summed E-state index contributed by atoms with van der Waals surface area (Å²) in [4.78, 5) is 12.3. The Labute approximate surface area is 104 Å². The lowest BCUT2D eigenvalue weighted by atomic mass is 9.95. The van der Waals surface area contributed by atoms with Gasteiger partial charge in [-0.15, -0.1) is 0 Å². The fourth-order valence-corrected chi connectivity index (χ4v) is 2.88. The van der Waals surface area contributed by atoms with Gasteiger partial charge in [0.15, 0.2) is 6.10 Å². The monoisotopic (exact) mass is 291 g/mol. The molecule has 2 aliphatic rings. The number of halogens is 1. The van der Waals surface area contributed by atoms with Crippen LogP contribution in [0.15, 0.2) is 0 Å². The van der Waals surface area contributed by atoms with Gasteiger partial charge < -0.3 is 14.8 Å². The smallest absolute Gasteiger partial charge is 0.251 e. The van der Waals surface area contributed by atoms with Gasteiger partial charge in [-0.05, 0) is 12.8 Å². The van der Waals surface area contributed by atoms with E-state index in [4.69, 9.17) is 9.47 Å². The summed E-state index contributed by atoms with van der Waals surface area (Å²) in [7, 11) is 0. The first-order valence-corrected chi connectivity index (χ1v) is 6.83. The maximum Gasteiger partial charge on any atom is 0.251 e. The fourth-order valence-electron chi connectivity index (χ4n) is 2.16. The molecule has 1 N–H and O–H groups in total. The highest BCUT2D eigenvalue weighted by molar-refractivity contribution is 9.09. The first-order valence-electron chi connectivity index (χ1n) is 5.91. The van der Waals surface area contributed by atoms with Gasteiger partial charge in [0.25, 0.3) is 5.91 Å². The second-order valence-electron chi connectivity index (χ2n) is 4.35. The summed E-state index contributed by atoms with van der Waals surface area (Å²) in [6.45, 7) is 1.49. The van der Waals surface area contributed by atoms with Crippen LogP contribution >= 0.6 is 15.9 Å². The van der Waals surface area contributed by atoms with E-state index in [9.17, 15) is 4.79 Å². The van der Waals surface area contributed by atoms with Crippen molar-refractivity contribution in [3.05, 3.63) is 0 Å². The van der Waals surface area contributed by atoms with Crippen molar-refractivity contribution in [1.29, 1.82) is 0 Å². The summed E-state index contributed by atoms with van der Waals surface area (Å²) in [6, 6.07) is 0.242. The fraction of sp³-hybridized carbons (Fsp3) is 0.909. The molecule has 0 spiro atoms. The highest BCUT2D eigenvalue weighted by Gasteiger charge is 2.28. The van der Waals surface area contributed by atoms with E-state index in [1.165, 1.54) is 12.8 Å². The van der Waals surface area contributed by atoms with Crippen LogP contribution in [0.3, 0.4) is 0 Å². The third kappa shape index (κ3) is 3.18. The molecule has 4 nitrogen and oxygen atoms in total. The molecule has 1 saturated carbocycles. The standard InChI is InChI=1S/C11H18BrNO3/c12-8-3-1-2-4-9(8)13-11(14)10-7-15-5-6-16-10/h8-10H,1-7H2,(H,13,14). The Morgan fingerprint density at radius 3 is 2.75 bits per heavy atom. The molecule has 1 amide bonds. The molecule has 1 saturated heterocycles. The number of hydrogen-bond acceptors (Lipinski definition) is 3. The molecule has 3 atom stereocenters. The molecule has 0 radical (unpaired) electrons. The lowest BCUT2D eigenvalue weighted by molar-refractivity contribution is -0.148. The number of carbonyl (C=O) groups is 1. The Bertz CT molecular complexity index is 243. The summed E-state index contributed by atoms with van der Waals surface area (Å²) in [5, 5.41) is 3.05. The minimum absolute atomic E-state index is 0.0314. The van der Waals surface area contributed by atoms with Crippen molar-refractivity contribution in [2.75, 3.05) is 19.8 Å². The minimum atomic E-state index is -0.421. The number of nitrogens with one attached hydrogen (secondary N) is 1. The Kier molecular flexibility index (Phi) is 4.61. The molecular weight excluding hydrogens is 274 g/mol. The van der Waals surface area contributed by atoms with E-state index < -0.39 is 6.10 Å². The molecule has 2 fully saturated rings. The molecule has 0 aromatic rings. The van der Waals surface area contributed by atoms with E-state index in [0.717, 1.165) is 12.8 Å². The van der Waals surface area contributed by atoms with Crippen LogP contribution in [0.4, 0.5) is 0 Å². The first-order chi connectivity index (χ1) is 7.77. The van der Waals surface area contributed by atoms with Crippen LogP contribution in [0.25, 0.3) is 0 Å². The predicted molar refractivity (Wildman–Crippen MR) is 63.7 cm³/mol. The third-order valence-corrected chi connectivity index (χ3v) is 4.21. The van der Waals surface area contributed by atoms with Gasteiger partial charge in [-0.25, -0.2) is 0 Å². The van der Waals surface area contributed by atoms with E-state index in [2.05, 4.69) is 21.2 Å². The summed E-state index contributed by atoms with van der Waals surface area (Å²) in [6.07, 6.45) is 4.19. The van der Waals surface area contributed by atoms with Crippen molar-refractivity contribution < 1.29 is 14.3 Å². The zero-order valence-corrected chi connectivity index (χ0v) is 10.9. The van der Waals surface area contributed by atoms with Gasteiger partial charge in [-0.1, -0.05) is 28.8 Å². The maximum atomic E-state index is 11.9. The molecule has 0 aromatic carbocycles. The molecule has 92 valence electrons. The van der Waals surface area contributed by atoms with E-state index in [1.54, 1.807) is 0 Å². The number of ether oxygens (including phenoxy) is 2. The number of amides is 1. The van der Waals surface area contributed by atoms with E-state index in [0.29, 0.717) is 24.6 Å². The van der Waals surface area contributed by atoms with Crippen molar-refractivity contribution in [2.45, 2.75) is 42.7 Å². The predicted octanol–water partition coefficient (Wildman–Crippen LogP) is 1.22. The van der Waals surface area contributed by atoms with Crippen LogP contribution in [0.1, 0.15) is 25.7 Å². The van der Waals surface area contributed by atoms with Crippen LogP contribution in [0.2, 0.25) is 0 Å². The Balaban J connectivity index is 1.80. The molecule has 16 heavy (non-hydrogen) atoms. The van der Waals surface area contributed by atoms with Gasteiger partial charge in [0.1, 0.15) is 0 Å². The molecule has 2 rings (SSSR count). The zero-order valence-electron chi connectivity index (χ0n) is 9.28. The van der Waals surface area contributed by atoms with Crippen molar-refractivity contribution in [3.8, 4) is 0 Å². The van der Waals surface area contributed by atoms with Gasteiger partial charge in [0, 0.05) is 10.9 Å². The molecule has 1 aliphatic carbocycles. The zero-order chi connectivity index (χ0) is 11.4. The Morgan fingerprint density at radius 1 is 1.25 bits per heavy atom. The van der Waals surface area contributed by atoms with Gasteiger partial charge in [-0.3, -0.25) is 4.79 Å². The highest BCUT2D eigenvalue weighted by atomic mass is 79.9. The molecule has 5 heteroatoms. The number of alkyl halides is 1. The topological polar surface area (TPSA) is 47.6 Å². The van der Waals surface area contributed by atoms with Gasteiger partial charge in [-0.2, -0.15) is 0 Å². The van der Waals surface area contributed by atoms with Crippen LogP contribution in [0.5, 0.6) is 0 Å². The van der Waals surface area contributed by atoms with Crippen molar-refractivity contribution in [3.63, 3.8) is 0 Å². The number of carbonyl (C=O) groups excluding carboxylic acids is 1. The molecule has 1 aliphatic heterocycles. The second kappa shape index (κ2) is 5.98. The molecular formula is C11H18BrNO3. The van der Waals surface area contributed by atoms with Crippen molar-refractivity contribution >= 4 is 21.8 Å². The van der Waals surface area contributed by atoms with Gasteiger partial charge in [0.05, 0.1) is 19.8 Å². The quantitative estimate of drug-likeness (QED) is 0.779. The van der Waals surface area contributed by atoms with E-state index in [1.807, 2.05) is 0 Å². The van der Waals surface area contributed by atoms with Gasteiger partial charge >= 0.3 is 0 Å². The lowest BCUT2D eigenvalue weighted by Crippen LogP contribution is -2.50. The minimum Gasteiger partial charge on any atom is -0.376 e. The highest BCUT2D eigenvalue weighted by Crippen LogP contribution is 2.24. The third-order valence-electron chi connectivity index (χ3n) is 3.12. The Hall–Kier alpha value is -0.130. The first kappa shape index (κ1) is 12.3. The second-order valence-corrected chi connectivity index (χ2v) is 5.53. The van der Waals surface area contributed by atoms with Crippen LogP contribution in [-0.4, -0.2) is 42.7 Å². The van der Waals surface area contributed by atoms with E-state index >= 15 is 0 Å². The summed E-state index contributed by atoms with van der Waals surface area (Å²) < 4.78 is 10.6. The molecule has 0 aromatic heterocycles. The molecule has 0 bridgehead atoms. The lowest BCUT2D eigenvalue weighted by Gasteiger charge is -2.30. The number of rotatable bonds is 2. The summed E-state index contributed by atoms with van der Waals surface area (Å²) in [5.74, 6) is -0.0314. The van der Waals surface area contributed by atoms with Crippen LogP contribution in [0, 0.1) is 0 Å². The normalized spacial score (nSPS) is 35.7. The summed E-state index contributed by atoms with van der Waals surface area (Å²) >= 11 is 3.62. The molecule has 1 heterocycles. The maximum absolute atomic E-state index is 11.9. The van der Waals surface area contributed by atoms with Crippen LogP contribution < -0.4 is 5.32 Å². The average molecular weight is 292 g/mol. The summed E-state index contributed by atoms with van der Waals surface area (Å²) in [5.41, 5.74) is 0. The Morgan fingerprint density at radius 2 is 2.06 bits per heavy atom. The van der Waals surface area contributed by atoms with E-state index in [-0.39, 0.29) is 11.9 Å². The largest absolute Gasteiger partial charge is 0.376 e. The SMILES string of the molecule is O=C(NC1CCCCC1Br)C1COCCO1. The van der Waals surface area contributed by atoms with Crippen LogP contribution in [-0.2, 0) is 14.3 Å². The van der Waals surface area contributed by atoms with Crippen molar-refractivity contribution in [2.24, 2.45) is 0 Å². The average Bonchev–Trinajstić information content (AvgIpc) is 2.33.